The summed E-state index contributed by atoms with van der Waals surface area (Å²) in [6, 6.07) is 0.885. The van der Waals surface area contributed by atoms with Gasteiger partial charge in [0.1, 0.15) is 11.6 Å². The van der Waals surface area contributed by atoms with Gasteiger partial charge in [-0.1, -0.05) is 0 Å². The molecule has 11 heteroatoms. The number of sulfone groups is 1. The van der Waals surface area contributed by atoms with Crippen molar-refractivity contribution < 1.29 is 35.9 Å². The molecule has 0 spiro atoms. The van der Waals surface area contributed by atoms with E-state index in [-0.39, 0.29) is 11.3 Å². The Balaban J connectivity index is 2.22. The first kappa shape index (κ1) is 18.9. The number of hydrogen-bond acceptors (Lipinski definition) is 6. The quantitative estimate of drug-likeness (QED) is 0.625. The zero-order valence-corrected chi connectivity index (χ0v) is 14.3. The molecule has 2 aromatic rings. The van der Waals surface area contributed by atoms with Gasteiger partial charge in [0, 0.05) is 17.9 Å². The van der Waals surface area contributed by atoms with Gasteiger partial charge in [-0.25, -0.2) is 17.2 Å². The standard InChI is InChI=1S/C16H10F4N2O4S/c1-27(24,25)13-5-12(18)15(11-6-16(19,20)22(23)14(11)13)26-10-3-8(7-21)2-9(17)4-10/h2-5,23H,6H2,1H3. The van der Waals surface area contributed by atoms with Gasteiger partial charge >= 0.3 is 6.05 Å². The summed E-state index contributed by atoms with van der Waals surface area (Å²) < 4.78 is 84.7. The number of halogens is 4. The molecule has 2 aromatic carbocycles. The molecule has 6 nitrogen and oxygen atoms in total. The highest BCUT2D eigenvalue weighted by atomic mass is 32.2. The van der Waals surface area contributed by atoms with E-state index < -0.39 is 60.9 Å². The van der Waals surface area contributed by atoms with Crippen LogP contribution in [-0.2, 0) is 16.3 Å². The number of anilines is 1. The molecule has 0 radical (unpaired) electrons. The number of nitrogens with zero attached hydrogens (tertiary/aromatic N) is 2. The van der Waals surface area contributed by atoms with Crippen molar-refractivity contribution >= 4 is 15.5 Å². The molecule has 0 saturated heterocycles. The molecule has 1 heterocycles. The second-order valence-corrected chi connectivity index (χ2v) is 7.81. The lowest BCUT2D eigenvalue weighted by molar-refractivity contribution is -0.0614. The lowest BCUT2D eigenvalue weighted by Crippen LogP contribution is -2.36. The summed E-state index contributed by atoms with van der Waals surface area (Å²) in [6.07, 6.45) is -0.576. The van der Waals surface area contributed by atoms with E-state index in [1.165, 1.54) is 0 Å². The highest BCUT2D eigenvalue weighted by Crippen LogP contribution is 2.49. The van der Waals surface area contributed by atoms with Gasteiger partial charge in [-0.05, 0) is 18.2 Å². The summed E-state index contributed by atoms with van der Waals surface area (Å²) >= 11 is 0. The summed E-state index contributed by atoms with van der Waals surface area (Å²) in [7, 11) is -4.17. The van der Waals surface area contributed by atoms with Crippen LogP contribution in [0.15, 0.2) is 29.2 Å². The van der Waals surface area contributed by atoms with Crippen LogP contribution in [0.4, 0.5) is 23.2 Å². The Labute approximate surface area is 150 Å². The summed E-state index contributed by atoms with van der Waals surface area (Å²) in [4.78, 5) is -0.848. The molecule has 0 amide bonds. The minimum absolute atomic E-state index is 0.163. The van der Waals surface area contributed by atoms with Crippen LogP contribution in [0.5, 0.6) is 11.5 Å². The molecule has 27 heavy (non-hydrogen) atoms. The van der Waals surface area contributed by atoms with E-state index in [0.717, 1.165) is 18.2 Å². The Bertz CT molecular complexity index is 1100. The minimum Gasteiger partial charge on any atom is -0.454 e. The Kier molecular flexibility index (Phi) is 4.28. The average Bonchev–Trinajstić information content (AvgIpc) is 2.78. The van der Waals surface area contributed by atoms with E-state index in [0.29, 0.717) is 12.3 Å². The molecule has 142 valence electrons. The topological polar surface area (TPSA) is 90.6 Å². The van der Waals surface area contributed by atoms with Crippen molar-refractivity contribution in [1.29, 1.82) is 5.26 Å². The van der Waals surface area contributed by atoms with Crippen molar-refractivity contribution in [2.24, 2.45) is 0 Å². The highest BCUT2D eigenvalue weighted by molar-refractivity contribution is 7.90. The molecule has 1 aliphatic rings. The van der Waals surface area contributed by atoms with Crippen LogP contribution in [0, 0.1) is 23.0 Å². The fraction of sp³-hybridized carbons (Fsp3) is 0.188. The van der Waals surface area contributed by atoms with Gasteiger partial charge in [0.15, 0.2) is 21.4 Å². The van der Waals surface area contributed by atoms with E-state index in [4.69, 9.17) is 10.00 Å². The molecule has 0 aromatic heterocycles. The Morgan fingerprint density at radius 3 is 2.52 bits per heavy atom. The number of hydrogen-bond donors (Lipinski definition) is 1. The molecule has 0 fully saturated rings. The van der Waals surface area contributed by atoms with Crippen molar-refractivity contribution in [2.45, 2.75) is 17.4 Å². The maximum atomic E-state index is 14.5. The lowest BCUT2D eigenvalue weighted by Gasteiger charge is -2.20. The summed E-state index contributed by atoms with van der Waals surface area (Å²) in [6.45, 7) is 0. The van der Waals surface area contributed by atoms with Gasteiger partial charge in [0.05, 0.1) is 28.6 Å². The average molecular weight is 402 g/mol. The molecule has 3 rings (SSSR count). The van der Waals surface area contributed by atoms with Crippen LogP contribution in [0.3, 0.4) is 0 Å². The number of rotatable bonds is 3. The predicted octanol–water partition coefficient (Wildman–Crippen LogP) is 3.38. The Morgan fingerprint density at radius 2 is 1.93 bits per heavy atom. The smallest absolute Gasteiger partial charge is 0.351 e. The zero-order chi connectivity index (χ0) is 20.1. The third-order valence-electron chi connectivity index (χ3n) is 3.80. The van der Waals surface area contributed by atoms with Crippen LogP contribution in [-0.4, -0.2) is 25.9 Å². The summed E-state index contributed by atoms with van der Waals surface area (Å²) in [5.41, 5.74) is -1.59. The maximum absolute atomic E-state index is 14.5. The number of nitriles is 1. The van der Waals surface area contributed by atoms with Crippen molar-refractivity contribution in [2.75, 3.05) is 11.3 Å². The first-order valence-corrected chi connectivity index (χ1v) is 9.14. The third-order valence-corrected chi connectivity index (χ3v) is 4.91. The van der Waals surface area contributed by atoms with Gasteiger partial charge in [-0.2, -0.15) is 19.1 Å². The van der Waals surface area contributed by atoms with Crippen LogP contribution < -0.4 is 9.80 Å². The zero-order valence-electron chi connectivity index (χ0n) is 13.5. The van der Waals surface area contributed by atoms with E-state index in [9.17, 15) is 31.2 Å². The van der Waals surface area contributed by atoms with E-state index in [2.05, 4.69) is 0 Å². The van der Waals surface area contributed by atoms with Crippen molar-refractivity contribution in [3.8, 4) is 17.6 Å². The fourth-order valence-electron chi connectivity index (χ4n) is 2.69. The first-order valence-electron chi connectivity index (χ1n) is 7.25. The Morgan fingerprint density at radius 1 is 1.26 bits per heavy atom. The van der Waals surface area contributed by atoms with Crippen LogP contribution in [0.2, 0.25) is 0 Å². The normalized spacial score (nSPS) is 15.4. The molecule has 0 bridgehead atoms. The van der Waals surface area contributed by atoms with Crippen molar-refractivity contribution in [1.82, 2.24) is 0 Å². The molecular formula is C16H10F4N2O4S. The number of fused-ring (bicyclic) bond motifs is 1. The van der Waals surface area contributed by atoms with Crippen LogP contribution >= 0.6 is 0 Å². The number of ether oxygens (including phenoxy) is 1. The fourth-order valence-corrected chi connectivity index (χ4v) is 3.57. The molecule has 0 atom stereocenters. The molecule has 1 N–H and O–H groups in total. The number of hydroxylamine groups is 1. The highest BCUT2D eigenvalue weighted by Gasteiger charge is 2.49. The lowest BCUT2D eigenvalue weighted by atomic mass is 10.1. The predicted molar refractivity (Wildman–Crippen MR) is 83.6 cm³/mol. The largest absolute Gasteiger partial charge is 0.454 e. The second kappa shape index (κ2) is 6.11. The maximum Gasteiger partial charge on any atom is 0.351 e. The monoisotopic (exact) mass is 402 g/mol. The summed E-state index contributed by atoms with van der Waals surface area (Å²) in [5, 5.41) is 18.0. The number of alkyl halides is 2. The Hall–Kier alpha value is -2.84. The number of benzene rings is 2. The molecular weight excluding hydrogens is 392 g/mol. The van der Waals surface area contributed by atoms with E-state index in [1.54, 1.807) is 6.07 Å². The molecule has 0 saturated carbocycles. The van der Waals surface area contributed by atoms with Gasteiger partial charge < -0.3 is 4.74 Å². The molecule has 0 unspecified atom stereocenters. The van der Waals surface area contributed by atoms with Gasteiger partial charge in [-0.3, -0.25) is 5.21 Å². The van der Waals surface area contributed by atoms with Crippen LogP contribution in [0.25, 0.3) is 0 Å². The summed E-state index contributed by atoms with van der Waals surface area (Å²) in [5.74, 6) is -3.35. The van der Waals surface area contributed by atoms with Crippen molar-refractivity contribution in [3.05, 3.63) is 47.0 Å². The molecule has 1 aliphatic heterocycles. The van der Waals surface area contributed by atoms with Gasteiger partial charge in [-0.15, -0.1) is 0 Å². The van der Waals surface area contributed by atoms with Crippen molar-refractivity contribution in [3.63, 3.8) is 0 Å². The van der Waals surface area contributed by atoms with E-state index >= 15 is 0 Å². The van der Waals surface area contributed by atoms with Gasteiger partial charge in [0.25, 0.3) is 0 Å². The third kappa shape index (κ3) is 3.29. The SMILES string of the molecule is CS(=O)(=O)c1cc(F)c(Oc2cc(F)cc(C#N)c2)c2c1N(O)C(F)(F)C2. The second-order valence-electron chi connectivity index (χ2n) is 5.83. The van der Waals surface area contributed by atoms with Gasteiger partial charge in [0.2, 0.25) is 0 Å². The molecule has 0 aliphatic carbocycles. The van der Waals surface area contributed by atoms with Crippen LogP contribution in [0.1, 0.15) is 11.1 Å². The first-order chi connectivity index (χ1) is 12.4. The minimum atomic E-state index is -4.17. The van der Waals surface area contributed by atoms with E-state index in [1.807, 2.05) is 0 Å².